The van der Waals surface area contributed by atoms with Gasteiger partial charge >= 0.3 is 0 Å². The summed E-state index contributed by atoms with van der Waals surface area (Å²) in [6.45, 7) is 2.01. The van der Waals surface area contributed by atoms with Crippen LogP contribution in [-0.2, 0) is 0 Å². The first-order valence-electron chi connectivity index (χ1n) is 4.95. The van der Waals surface area contributed by atoms with Crippen molar-refractivity contribution in [2.24, 2.45) is 0 Å². The third-order valence-electron chi connectivity index (χ3n) is 2.22. The smallest absolute Gasteiger partial charge is 0.158 e. The van der Waals surface area contributed by atoms with E-state index in [-0.39, 0.29) is 0 Å². The van der Waals surface area contributed by atoms with Gasteiger partial charge in [-0.3, -0.25) is 0 Å². The number of aromatic nitrogens is 2. The summed E-state index contributed by atoms with van der Waals surface area (Å²) in [5.41, 5.74) is 2.36. The Kier molecular flexibility index (Phi) is 3.35. The maximum Gasteiger partial charge on any atom is 0.158 e. The Morgan fingerprint density at radius 2 is 2.12 bits per heavy atom. The van der Waals surface area contributed by atoms with Gasteiger partial charge < -0.3 is 5.32 Å². The van der Waals surface area contributed by atoms with Crippen molar-refractivity contribution >= 4 is 27.4 Å². The van der Waals surface area contributed by atoms with Gasteiger partial charge in [0.05, 0.1) is 18.1 Å². The van der Waals surface area contributed by atoms with Crippen LogP contribution in [0.3, 0.4) is 0 Å². The second-order valence-electron chi connectivity index (χ2n) is 3.46. The monoisotopic (exact) mass is 288 g/mol. The van der Waals surface area contributed by atoms with E-state index in [0.29, 0.717) is 11.5 Å². The van der Waals surface area contributed by atoms with E-state index in [2.05, 4.69) is 31.2 Å². The number of hydrogen-bond donors (Lipinski definition) is 1. The predicted molar refractivity (Wildman–Crippen MR) is 68.9 cm³/mol. The third-order valence-corrected chi connectivity index (χ3v) is 3.27. The summed E-state index contributed by atoms with van der Waals surface area (Å²) in [5.74, 6) is 0.607. The number of anilines is 2. The molecule has 17 heavy (non-hydrogen) atoms. The van der Waals surface area contributed by atoms with Gasteiger partial charge in [0.2, 0.25) is 0 Å². The first-order chi connectivity index (χ1) is 8.20. The highest BCUT2D eigenvalue weighted by molar-refractivity contribution is 9.10. The standard InChI is InChI=1S/C12H9BrN4/c1-8-3-2-4-10(12(8)13)17-11-7-15-9(5-14)6-16-11/h2-4,6-7H,1H3,(H,16,17). The summed E-state index contributed by atoms with van der Waals surface area (Å²) in [7, 11) is 0. The first kappa shape index (κ1) is 11.6. The number of nitrogens with zero attached hydrogens (tertiary/aromatic N) is 3. The zero-order valence-corrected chi connectivity index (χ0v) is 10.7. The molecule has 4 nitrogen and oxygen atoms in total. The highest BCUT2D eigenvalue weighted by Crippen LogP contribution is 2.27. The van der Waals surface area contributed by atoms with E-state index in [1.165, 1.54) is 12.4 Å². The average Bonchev–Trinajstić information content (AvgIpc) is 2.36. The quantitative estimate of drug-likeness (QED) is 0.922. The minimum Gasteiger partial charge on any atom is -0.338 e. The molecule has 1 aromatic carbocycles. The van der Waals surface area contributed by atoms with Gasteiger partial charge in [0.15, 0.2) is 5.69 Å². The molecule has 2 rings (SSSR count). The summed E-state index contributed by atoms with van der Waals surface area (Å²) in [4.78, 5) is 8.04. The van der Waals surface area contributed by atoms with Gasteiger partial charge in [0.25, 0.3) is 0 Å². The summed E-state index contributed by atoms with van der Waals surface area (Å²) < 4.78 is 0.992. The molecule has 1 aromatic heterocycles. The minimum atomic E-state index is 0.304. The van der Waals surface area contributed by atoms with Crippen molar-refractivity contribution < 1.29 is 0 Å². The van der Waals surface area contributed by atoms with E-state index in [1.807, 2.05) is 31.2 Å². The fourth-order valence-corrected chi connectivity index (χ4v) is 1.70. The van der Waals surface area contributed by atoms with Crippen LogP contribution in [0, 0.1) is 18.3 Å². The maximum absolute atomic E-state index is 8.62. The van der Waals surface area contributed by atoms with Gasteiger partial charge in [-0.05, 0) is 34.5 Å². The Morgan fingerprint density at radius 1 is 1.29 bits per heavy atom. The summed E-state index contributed by atoms with van der Waals surface area (Å²) in [6, 6.07) is 7.84. The van der Waals surface area contributed by atoms with Gasteiger partial charge in [-0.1, -0.05) is 12.1 Å². The largest absolute Gasteiger partial charge is 0.338 e. The molecule has 2 aromatic rings. The number of nitrogens with one attached hydrogen (secondary N) is 1. The molecule has 0 saturated carbocycles. The number of halogens is 1. The highest BCUT2D eigenvalue weighted by atomic mass is 79.9. The van der Waals surface area contributed by atoms with Crippen LogP contribution in [-0.4, -0.2) is 9.97 Å². The highest BCUT2D eigenvalue weighted by Gasteiger charge is 2.03. The van der Waals surface area contributed by atoms with Crippen molar-refractivity contribution in [1.29, 1.82) is 5.26 Å². The third kappa shape index (κ3) is 2.60. The first-order valence-corrected chi connectivity index (χ1v) is 5.74. The summed E-state index contributed by atoms with van der Waals surface area (Å²) in [6.07, 6.45) is 2.97. The Morgan fingerprint density at radius 3 is 2.76 bits per heavy atom. The number of rotatable bonds is 2. The van der Waals surface area contributed by atoms with E-state index >= 15 is 0 Å². The van der Waals surface area contributed by atoms with Crippen LogP contribution in [0.4, 0.5) is 11.5 Å². The molecule has 0 atom stereocenters. The molecule has 0 saturated heterocycles. The van der Waals surface area contributed by atoms with E-state index in [9.17, 15) is 0 Å². The second-order valence-corrected chi connectivity index (χ2v) is 4.25. The Hall–Kier alpha value is -1.93. The number of benzene rings is 1. The topological polar surface area (TPSA) is 61.6 Å². The van der Waals surface area contributed by atoms with Crippen molar-refractivity contribution in [2.45, 2.75) is 6.92 Å². The van der Waals surface area contributed by atoms with Gasteiger partial charge in [-0.15, -0.1) is 0 Å². The number of aryl methyl sites for hydroxylation is 1. The van der Waals surface area contributed by atoms with Crippen molar-refractivity contribution in [3.05, 3.63) is 46.3 Å². The molecule has 0 spiro atoms. The van der Waals surface area contributed by atoms with E-state index in [1.54, 1.807) is 0 Å². The molecular weight excluding hydrogens is 280 g/mol. The lowest BCUT2D eigenvalue weighted by Crippen LogP contribution is -1.96. The zero-order chi connectivity index (χ0) is 12.3. The molecular formula is C12H9BrN4. The van der Waals surface area contributed by atoms with E-state index in [4.69, 9.17) is 5.26 Å². The Labute approximate surface area is 107 Å². The second kappa shape index (κ2) is 4.93. The lowest BCUT2D eigenvalue weighted by atomic mass is 10.2. The molecule has 5 heteroatoms. The van der Waals surface area contributed by atoms with Crippen LogP contribution in [0.15, 0.2) is 35.1 Å². The van der Waals surface area contributed by atoms with Crippen LogP contribution >= 0.6 is 15.9 Å². The van der Waals surface area contributed by atoms with Crippen molar-refractivity contribution in [3.63, 3.8) is 0 Å². The average molecular weight is 289 g/mol. The van der Waals surface area contributed by atoms with Gasteiger partial charge in [0, 0.05) is 4.47 Å². The molecule has 0 radical (unpaired) electrons. The van der Waals surface area contributed by atoms with E-state index < -0.39 is 0 Å². The van der Waals surface area contributed by atoms with Crippen molar-refractivity contribution in [2.75, 3.05) is 5.32 Å². The van der Waals surface area contributed by atoms with Crippen LogP contribution in [0.25, 0.3) is 0 Å². The fourth-order valence-electron chi connectivity index (χ4n) is 1.33. The SMILES string of the molecule is Cc1cccc(Nc2cnc(C#N)cn2)c1Br. The van der Waals surface area contributed by atoms with Gasteiger partial charge in [-0.2, -0.15) is 5.26 Å². The number of hydrogen-bond acceptors (Lipinski definition) is 4. The summed E-state index contributed by atoms with van der Waals surface area (Å²) >= 11 is 3.50. The lowest BCUT2D eigenvalue weighted by Gasteiger charge is -2.08. The van der Waals surface area contributed by atoms with Crippen molar-refractivity contribution in [1.82, 2.24) is 9.97 Å². The molecule has 0 aliphatic rings. The van der Waals surface area contributed by atoms with Crippen LogP contribution in [0.1, 0.15) is 11.3 Å². The molecule has 0 aliphatic heterocycles. The van der Waals surface area contributed by atoms with Crippen LogP contribution in [0.2, 0.25) is 0 Å². The molecule has 0 bridgehead atoms. The number of nitriles is 1. The molecule has 0 amide bonds. The minimum absolute atomic E-state index is 0.304. The predicted octanol–water partition coefficient (Wildman–Crippen LogP) is 3.16. The fraction of sp³-hybridized carbons (Fsp3) is 0.0833. The Balaban J connectivity index is 2.26. The molecule has 1 N–H and O–H groups in total. The van der Waals surface area contributed by atoms with Gasteiger partial charge in [0.1, 0.15) is 11.9 Å². The van der Waals surface area contributed by atoms with E-state index in [0.717, 1.165) is 15.7 Å². The van der Waals surface area contributed by atoms with Crippen molar-refractivity contribution in [3.8, 4) is 6.07 Å². The molecule has 0 fully saturated rings. The lowest BCUT2D eigenvalue weighted by molar-refractivity contribution is 1.16. The molecule has 0 aliphatic carbocycles. The molecule has 84 valence electrons. The molecule has 1 heterocycles. The molecule has 0 unspecified atom stereocenters. The van der Waals surface area contributed by atoms with Crippen LogP contribution in [0.5, 0.6) is 0 Å². The zero-order valence-electron chi connectivity index (χ0n) is 9.11. The summed E-state index contributed by atoms with van der Waals surface area (Å²) in [5, 5.41) is 11.8. The van der Waals surface area contributed by atoms with Gasteiger partial charge in [-0.25, -0.2) is 9.97 Å². The normalized spacial score (nSPS) is 9.71. The maximum atomic E-state index is 8.62. The Bertz CT molecular complexity index is 572. The van der Waals surface area contributed by atoms with Crippen LogP contribution < -0.4 is 5.32 Å².